The number of terminal acetylenes is 1. The second-order valence-corrected chi connectivity index (χ2v) is 2.17. The molecule has 0 aromatic heterocycles. The topological polar surface area (TPSA) is 33.0 Å². The van der Waals surface area contributed by atoms with Crippen LogP contribution in [0.5, 0.6) is 5.75 Å². The van der Waals surface area contributed by atoms with Crippen LogP contribution >= 0.6 is 0 Å². The minimum absolute atomic E-state index is 0.547. The van der Waals surface area contributed by atoms with Crippen molar-refractivity contribution < 1.29 is 4.74 Å². The van der Waals surface area contributed by atoms with Crippen LogP contribution in [0.2, 0.25) is 0 Å². The van der Waals surface area contributed by atoms with Gasteiger partial charge in [-0.3, -0.25) is 0 Å². The molecule has 1 aromatic carbocycles. The van der Waals surface area contributed by atoms with Crippen LogP contribution in [-0.2, 0) is 0 Å². The highest BCUT2D eigenvalue weighted by molar-refractivity contribution is 5.49. The van der Waals surface area contributed by atoms with Crippen molar-refractivity contribution in [3.8, 4) is 24.2 Å². The molecule has 0 saturated heterocycles. The molecule has 0 N–H and O–H groups in total. The van der Waals surface area contributed by atoms with Crippen LogP contribution in [-0.4, -0.2) is 7.11 Å². The Hall–Kier alpha value is -1.93. The monoisotopic (exact) mass is 157 g/mol. The number of ether oxygens (including phenoxy) is 1. The average molecular weight is 157 g/mol. The molecule has 0 atom stereocenters. The van der Waals surface area contributed by atoms with E-state index in [1.54, 1.807) is 18.2 Å². The highest BCUT2D eigenvalue weighted by Crippen LogP contribution is 2.18. The maximum atomic E-state index is 8.56. The van der Waals surface area contributed by atoms with Gasteiger partial charge < -0.3 is 4.74 Å². The number of hydrogen-bond acceptors (Lipinski definition) is 2. The molecule has 0 aliphatic heterocycles. The van der Waals surface area contributed by atoms with E-state index >= 15 is 0 Å². The number of rotatable bonds is 1. The standard InChI is InChI=1S/C10H7NO/c1-3-9-5-4-8(7-11)6-10(9)12-2/h1,4-6H,2H3. The summed E-state index contributed by atoms with van der Waals surface area (Å²) in [7, 11) is 1.53. The summed E-state index contributed by atoms with van der Waals surface area (Å²) in [5.41, 5.74) is 1.21. The summed E-state index contributed by atoms with van der Waals surface area (Å²) < 4.78 is 4.99. The van der Waals surface area contributed by atoms with Gasteiger partial charge in [0.2, 0.25) is 0 Å². The van der Waals surface area contributed by atoms with Crippen molar-refractivity contribution in [3.05, 3.63) is 29.3 Å². The largest absolute Gasteiger partial charge is 0.495 e. The van der Waals surface area contributed by atoms with E-state index in [2.05, 4.69) is 5.92 Å². The van der Waals surface area contributed by atoms with E-state index in [0.29, 0.717) is 16.9 Å². The van der Waals surface area contributed by atoms with E-state index in [0.717, 1.165) is 0 Å². The van der Waals surface area contributed by atoms with Crippen LogP contribution in [0.4, 0.5) is 0 Å². The maximum Gasteiger partial charge on any atom is 0.135 e. The van der Waals surface area contributed by atoms with Gasteiger partial charge in [0.15, 0.2) is 0 Å². The lowest BCUT2D eigenvalue weighted by atomic mass is 10.1. The molecule has 0 radical (unpaired) electrons. The fourth-order valence-electron chi connectivity index (χ4n) is 0.880. The Balaban J connectivity index is 3.24. The molecule has 0 fully saturated rings. The Morgan fingerprint density at radius 2 is 2.25 bits per heavy atom. The molecule has 0 unspecified atom stereocenters. The number of nitrogens with zero attached hydrogens (tertiary/aromatic N) is 1. The molecule has 0 heterocycles. The first-order valence-corrected chi connectivity index (χ1v) is 3.36. The van der Waals surface area contributed by atoms with Crippen LogP contribution in [0.15, 0.2) is 18.2 Å². The van der Waals surface area contributed by atoms with Crippen molar-refractivity contribution in [3.63, 3.8) is 0 Å². The van der Waals surface area contributed by atoms with E-state index in [1.807, 2.05) is 6.07 Å². The summed E-state index contributed by atoms with van der Waals surface area (Å²) >= 11 is 0. The second-order valence-electron chi connectivity index (χ2n) is 2.17. The minimum Gasteiger partial charge on any atom is -0.495 e. The number of methoxy groups -OCH3 is 1. The molecule has 12 heavy (non-hydrogen) atoms. The van der Waals surface area contributed by atoms with Crippen LogP contribution in [0.25, 0.3) is 0 Å². The van der Waals surface area contributed by atoms with Crippen LogP contribution in [0, 0.1) is 23.7 Å². The van der Waals surface area contributed by atoms with Gasteiger partial charge in [0.25, 0.3) is 0 Å². The molecule has 0 bridgehead atoms. The zero-order valence-electron chi connectivity index (χ0n) is 6.66. The Morgan fingerprint density at radius 1 is 1.50 bits per heavy atom. The summed E-state index contributed by atoms with van der Waals surface area (Å²) in [6.45, 7) is 0. The van der Waals surface area contributed by atoms with Gasteiger partial charge >= 0.3 is 0 Å². The van der Waals surface area contributed by atoms with Gasteiger partial charge in [-0.15, -0.1) is 6.42 Å². The van der Waals surface area contributed by atoms with Gasteiger partial charge in [-0.05, 0) is 18.2 Å². The first-order chi connectivity index (χ1) is 5.81. The third-order valence-corrected chi connectivity index (χ3v) is 1.49. The third-order valence-electron chi connectivity index (χ3n) is 1.49. The summed E-state index contributed by atoms with van der Waals surface area (Å²) in [5, 5.41) is 8.56. The van der Waals surface area contributed by atoms with E-state index in [1.165, 1.54) is 7.11 Å². The van der Waals surface area contributed by atoms with E-state index in [-0.39, 0.29) is 0 Å². The molecule has 2 nitrogen and oxygen atoms in total. The zero-order valence-corrected chi connectivity index (χ0v) is 6.66. The Bertz CT molecular complexity index is 368. The summed E-state index contributed by atoms with van der Waals surface area (Å²) in [6, 6.07) is 6.98. The smallest absolute Gasteiger partial charge is 0.135 e. The fraction of sp³-hybridized carbons (Fsp3) is 0.100. The Kier molecular flexibility index (Phi) is 2.35. The zero-order chi connectivity index (χ0) is 8.97. The van der Waals surface area contributed by atoms with Crippen LogP contribution in [0.3, 0.4) is 0 Å². The first-order valence-electron chi connectivity index (χ1n) is 3.36. The van der Waals surface area contributed by atoms with E-state index < -0.39 is 0 Å². The minimum atomic E-state index is 0.547. The Labute approximate surface area is 71.4 Å². The van der Waals surface area contributed by atoms with Gasteiger partial charge in [-0.2, -0.15) is 5.26 Å². The molecule has 1 aromatic rings. The van der Waals surface area contributed by atoms with E-state index in [9.17, 15) is 0 Å². The number of hydrogen-bond donors (Lipinski definition) is 0. The van der Waals surface area contributed by atoms with Gasteiger partial charge in [0, 0.05) is 0 Å². The fourth-order valence-corrected chi connectivity index (χ4v) is 0.880. The maximum absolute atomic E-state index is 8.56. The van der Waals surface area contributed by atoms with Crippen LogP contribution in [0.1, 0.15) is 11.1 Å². The molecule has 58 valence electrons. The summed E-state index contributed by atoms with van der Waals surface area (Å²) in [4.78, 5) is 0. The van der Waals surface area contributed by atoms with Gasteiger partial charge in [-0.1, -0.05) is 5.92 Å². The van der Waals surface area contributed by atoms with Crippen molar-refractivity contribution >= 4 is 0 Å². The van der Waals surface area contributed by atoms with Crippen molar-refractivity contribution in [1.82, 2.24) is 0 Å². The first kappa shape index (κ1) is 8.17. The predicted molar refractivity (Wildman–Crippen MR) is 45.6 cm³/mol. The van der Waals surface area contributed by atoms with Crippen LogP contribution < -0.4 is 4.74 Å². The lowest BCUT2D eigenvalue weighted by Gasteiger charge is -2.01. The van der Waals surface area contributed by atoms with Crippen molar-refractivity contribution in [2.24, 2.45) is 0 Å². The SMILES string of the molecule is C#Cc1ccc(C#N)cc1OC. The van der Waals surface area contributed by atoms with Gasteiger partial charge in [0.1, 0.15) is 5.75 Å². The molecule has 0 spiro atoms. The highest BCUT2D eigenvalue weighted by atomic mass is 16.5. The molecule has 0 saturated carbocycles. The lowest BCUT2D eigenvalue weighted by Crippen LogP contribution is -1.88. The highest BCUT2D eigenvalue weighted by Gasteiger charge is 2.00. The third kappa shape index (κ3) is 1.38. The molecular weight excluding hydrogens is 150 g/mol. The van der Waals surface area contributed by atoms with Gasteiger partial charge in [0.05, 0.1) is 24.3 Å². The average Bonchev–Trinajstić information content (AvgIpc) is 2.16. The molecule has 2 heteroatoms. The molecular formula is C10H7NO. The van der Waals surface area contributed by atoms with Gasteiger partial charge in [-0.25, -0.2) is 0 Å². The summed E-state index contributed by atoms with van der Waals surface area (Å²) in [5.74, 6) is 3.03. The molecule has 0 aliphatic carbocycles. The van der Waals surface area contributed by atoms with E-state index in [4.69, 9.17) is 16.4 Å². The molecule has 1 rings (SSSR count). The number of nitriles is 1. The lowest BCUT2D eigenvalue weighted by molar-refractivity contribution is 0.413. The number of benzene rings is 1. The molecule has 0 aliphatic rings. The normalized spacial score (nSPS) is 8.25. The second kappa shape index (κ2) is 3.46. The quantitative estimate of drug-likeness (QED) is 0.579. The predicted octanol–water partition coefficient (Wildman–Crippen LogP) is 1.55. The van der Waals surface area contributed by atoms with Crippen molar-refractivity contribution in [1.29, 1.82) is 5.26 Å². The Morgan fingerprint density at radius 3 is 2.75 bits per heavy atom. The molecule has 0 amide bonds. The van der Waals surface area contributed by atoms with Crippen molar-refractivity contribution in [2.75, 3.05) is 7.11 Å². The van der Waals surface area contributed by atoms with Crippen molar-refractivity contribution in [2.45, 2.75) is 0 Å². The summed E-state index contributed by atoms with van der Waals surface area (Å²) in [6.07, 6.45) is 5.20.